The van der Waals surface area contributed by atoms with Gasteiger partial charge in [0.1, 0.15) is 31.8 Å². The molecule has 0 atom stereocenters. The van der Waals surface area contributed by atoms with Gasteiger partial charge < -0.3 is 18.9 Å². The second-order valence-corrected chi connectivity index (χ2v) is 5.92. The highest BCUT2D eigenvalue weighted by molar-refractivity contribution is 7.81. The Morgan fingerprint density at radius 3 is 1.07 bits per heavy atom. The van der Waals surface area contributed by atoms with Crippen molar-refractivity contribution in [2.45, 2.75) is 35.6 Å². The van der Waals surface area contributed by atoms with Crippen molar-refractivity contribution in [1.29, 1.82) is 0 Å². The minimum atomic E-state index is -1.25. The summed E-state index contributed by atoms with van der Waals surface area (Å²) in [5.74, 6) is -2.90. The van der Waals surface area contributed by atoms with E-state index in [0.29, 0.717) is 0 Å². The normalized spacial score (nSPS) is 9.57. The Morgan fingerprint density at radius 1 is 0.607 bits per heavy atom. The average Bonchev–Trinajstić information content (AvgIpc) is 2.65. The van der Waals surface area contributed by atoms with E-state index in [0.717, 1.165) is 0 Å². The third-order valence-corrected chi connectivity index (χ3v) is 3.61. The number of thiol groups is 3. The predicted octanol–water partition coefficient (Wildman–Crippen LogP) is 2.25. The van der Waals surface area contributed by atoms with Gasteiger partial charge in [-0.25, -0.2) is 0 Å². The first-order valence-corrected chi connectivity index (χ1v) is 9.17. The van der Waals surface area contributed by atoms with Crippen LogP contribution in [0.5, 0.6) is 0 Å². The minimum Gasteiger partial charge on any atom is -0.465 e. The summed E-state index contributed by atoms with van der Waals surface area (Å²) in [5, 5.41) is 0. The van der Waals surface area contributed by atoms with Crippen LogP contribution in [0, 0.1) is 5.41 Å². The van der Waals surface area contributed by atoms with Gasteiger partial charge in [0.2, 0.25) is 0 Å². The summed E-state index contributed by atoms with van der Waals surface area (Å²) < 4.78 is 20.2. The fourth-order valence-corrected chi connectivity index (χ4v) is 1.70. The second kappa shape index (κ2) is 19.3. The van der Waals surface area contributed by atoms with Gasteiger partial charge in [-0.15, -0.1) is 0 Å². The van der Waals surface area contributed by atoms with Crippen LogP contribution in [0.4, 0.5) is 0 Å². The molecule has 0 saturated carbocycles. The Morgan fingerprint density at radius 2 is 0.857 bits per heavy atom. The monoisotopic (exact) mass is 462 g/mol. The summed E-state index contributed by atoms with van der Waals surface area (Å²) in [4.78, 5) is 45.6. The molecule has 8 nitrogen and oxygen atoms in total. The van der Waals surface area contributed by atoms with Crippen molar-refractivity contribution in [3.05, 3.63) is 0 Å². The summed E-state index contributed by atoms with van der Waals surface area (Å²) in [6, 6.07) is 0. The molecule has 0 heterocycles. The lowest BCUT2D eigenvalue weighted by molar-refractivity contribution is -0.167. The average molecular weight is 463 g/mol. The Labute approximate surface area is 184 Å². The number of hydrogen-bond acceptors (Lipinski definition) is 11. The van der Waals surface area contributed by atoms with E-state index in [1.54, 1.807) is 6.92 Å². The molecular formula is C17H34O8S3. The van der Waals surface area contributed by atoms with Gasteiger partial charge in [0.05, 0.1) is 17.3 Å². The zero-order chi connectivity index (χ0) is 19.3. The second-order valence-electron chi connectivity index (χ2n) is 4.97. The quantitative estimate of drug-likeness (QED) is 0.230. The molecule has 0 rings (SSSR count). The number of hydrogen-bond donors (Lipinski definition) is 3. The van der Waals surface area contributed by atoms with E-state index in [9.17, 15) is 19.2 Å². The topological polar surface area (TPSA) is 105 Å². The molecule has 0 amide bonds. The largest absolute Gasteiger partial charge is 0.465 e. The Kier molecular flexibility index (Phi) is 23.7. The van der Waals surface area contributed by atoms with E-state index in [1.165, 1.54) is 0 Å². The van der Waals surface area contributed by atoms with Crippen LogP contribution in [-0.4, -0.2) is 67.6 Å². The van der Waals surface area contributed by atoms with E-state index in [4.69, 9.17) is 18.9 Å². The summed E-state index contributed by atoms with van der Waals surface area (Å²) in [7, 11) is 0. The molecule has 0 aliphatic heterocycles. The van der Waals surface area contributed by atoms with Gasteiger partial charge in [-0.1, -0.05) is 29.2 Å². The first kappa shape index (κ1) is 34.4. The van der Waals surface area contributed by atoms with Crippen LogP contribution in [-0.2, 0) is 38.1 Å². The SMILES string of the molecule is C.C.C.CCC(=O)OCC(COC(=O)CS)(COC(=O)CS)COC(=O)CS. The molecule has 0 radical (unpaired) electrons. The standard InChI is InChI=1S/C14H22O8S3.3CH4/c1-2-10(15)19-6-14(7-20-11(16)3-23,8-21-12(17)4-24)9-22-13(18)5-25;;;/h23-25H,2-9H2,1H3;3*1H4. The number of ether oxygens (including phenoxy) is 4. The van der Waals surface area contributed by atoms with Crippen molar-refractivity contribution >= 4 is 61.8 Å². The first-order chi connectivity index (χ1) is 11.8. The molecule has 0 aliphatic rings. The van der Waals surface area contributed by atoms with Crippen molar-refractivity contribution in [3.8, 4) is 0 Å². The van der Waals surface area contributed by atoms with Crippen LogP contribution >= 0.6 is 37.9 Å². The van der Waals surface area contributed by atoms with E-state index >= 15 is 0 Å². The van der Waals surface area contributed by atoms with Crippen molar-refractivity contribution < 1.29 is 38.1 Å². The highest BCUT2D eigenvalue weighted by atomic mass is 32.1. The molecule has 0 aromatic heterocycles. The molecule has 0 aromatic rings. The lowest BCUT2D eigenvalue weighted by Gasteiger charge is -2.31. The maximum Gasteiger partial charge on any atom is 0.315 e. The molecule has 0 saturated heterocycles. The number of esters is 4. The van der Waals surface area contributed by atoms with Crippen molar-refractivity contribution in [2.24, 2.45) is 5.41 Å². The predicted molar refractivity (Wildman–Crippen MR) is 118 cm³/mol. The molecular weight excluding hydrogens is 428 g/mol. The lowest BCUT2D eigenvalue weighted by Crippen LogP contribution is -2.44. The molecule has 0 aliphatic carbocycles. The van der Waals surface area contributed by atoms with Crippen molar-refractivity contribution in [2.75, 3.05) is 43.7 Å². The van der Waals surface area contributed by atoms with E-state index in [2.05, 4.69) is 37.9 Å². The van der Waals surface area contributed by atoms with Gasteiger partial charge in [0, 0.05) is 6.42 Å². The Bertz CT molecular complexity index is 386. The van der Waals surface area contributed by atoms with Gasteiger partial charge >= 0.3 is 23.9 Å². The summed E-state index contributed by atoms with van der Waals surface area (Å²) in [5.41, 5.74) is -1.25. The van der Waals surface area contributed by atoms with Gasteiger partial charge in [-0.05, 0) is 0 Å². The van der Waals surface area contributed by atoms with E-state index < -0.39 is 29.3 Å². The fraction of sp³-hybridized carbons (Fsp3) is 0.765. The fourth-order valence-electron chi connectivity index (χ4n) is 1.42. The maximum absolute atomic E-state index is 11.5. The number of rotatable bonds is 12. The summed E-state index contributed by atoms with van der Waals surface area (Å²) >= 11 is 11.4. The smallest absolute Gasteiger partial charge is 0.315 e. The zero-order valence-corrected chi connectivity index (χ0v) is 16.4. The van der Waals surface area contributed by atoms with Gasteiger partial charge in [0.25, 0.3) is 0 Å². The summed E-state index contributed by atoms with van der Waals surface area (Å²) in [6.07, 6.45) is 0.124. The van der Waals surface area contributed by atoms with Crippen LogP contribution in [0.25, 0.3) is 0 Å². The molecule has 0 unspecified atom stereocenters. The van der Waals surface area contributed by atoms with Crippen molar-refractivity contribution in [3.63, 3.8) is 0 Å². The maximum atomic E-state index is 11.5. The van der Waals surface area contributed by atoms with Gasteiger partial charge in [-0.3, -0.25) is 19.2 Å². The zero-order valence-electron chi connectivity index (χ0n) is 13.8. The molecule has 0 fully saturated rings. The van der Waals surface area contributed by atoms with Gasteiger partial charge in [-0.2, -0.15) is 37.9 Å². The first-order valence-electron chi connectivity index (χ1n) is 7.27. The Hall–Kier alpha value is -1.07. The molecule has 11 heteroatoms. The van der Waals surface area contributed by atoms with Crippen molar-refractivity contribution in [1.82, 2.24) is 0 Å². The lowest BCUT2D eigenvalue weighted by atomic mass is 9.92. The van der Waals surface area contributed by atoms with Crippen LogP contribution in [0.15, 0.2) is 0 Å². The van der Waals surface area contributed by atoms with E-state index in [1.807, 2.05) is 0 Å². The molecule has 0 N–H and O–H groups in total. The molecule has 0 spiro atoms. The molecule has 0 bridgehead atoms. The number of carbonyl (C=O) groups excluding carboxylic acids is 4. The highest BCUT2D eigenvalue weighted by Crippen LogP contribution is 2.22. The minimum absolute atomic E-state index is 0. The third-order valence-electron chi connectivity index (χ3n) is 2.83. The Balaban J connectivity index is -0.000000960. The molecule has 0 aromatic carbocycles. The number of carbonyl (C=O) groups is 4. The molecule has 28 heavy (non-hydrogen) atoms. The van der Waals surface area contributed by atoms with E-state index in [-0.39, 0.29) is 72.4 Å². The van der Waals surface area contributed by atoms with Crippen LogP contribution in [0.1, 0.15) is 35.6 Å². The molecule has 168 valence electrons. The van der Waals surface area contributed by atoms with Crippen LogP contribution < -0.4 is 0 Å². The third kappa shape index (κ3) is 14.9. The van der Waals surface area contributed by atoms with Crippen LogP contribution in [0.2, 0.25) is 0 Å². The van der Waals surface area contributed by atoms with Gasteiger partial charge in [0.15, 0.2) is 0 Å². The highest BCUT2D eigenvalue weighted by Gasteiger charge is 2.37. The van der Waals surface area contributed by atoms with Crippen LogP contribution in [0.3, 0.4) is 0 Å². The summed E-state index contributed by atoms with van der Waals surface area (Å²) in [6.45, 7) is 0.418.